The van der Waals surface area contributed by atoms with Crippen LogP contribution in [0.2, 0.25) is 0 Å². The molecule has 0 radical (unpaired) electrons. The highest BCUT2D eigenvalue weighted by molar-refractivity contribution is 7.17. The van der Waals surface area contributed by atoms with Gasteiger partial charge in [-0.15, -0.1) is 11.3 Å². The number of aliphatic hydroxyl groups excluding tert-OH is 1. The van der Waals surface area contributed by atoms with E-state index in [1.807, 2.05) is 0 Å². The van der Waals surface area contributed by atoms with Gasteiger partial charge in [-0.3, -0.25) is 0 Å². The number of ether oxygens (including phenoxy) is 1. The predicted molar refractivity (Wildman–Crippen MR) is 84.5 cm³/mol. The highest BCUT2D eigenvalue weighted by Crippen LogP contribution is 2.24. The average Bonchev–Trinajstić information content (AvgIpc) is 3.13. The van der Waals surface area contributed by atoms with Gasteiger partial charge in [0.1, 0.15) is 0 Å². The Balaban J connectivity index is 1.45. The largest absolute Gasteiger partial charge is 0.389 e. The van der Waals surface area contributed by atoms with E-state index in [1.165, 1.54) is 22.9 Å². The van der Waals surface area contributed by atoms with Crippen molar-refractivity contribution < 1.29 is 9.84 Å². The Kier molecular flexibility index (Phi) is 4.55. The van der Waals surface area contributed by atoms with E-state index in [-0.39, 0.29) is 0 Å². The molecule has 3 nitrogen and oxygen atoms in total. The van der Waals surface area contributed by atoms with Crippen LogP contribution in [0.1, 0.15) is 25.7 Å². The maximum Gasteiger partial charge on any atom is 0.0945 e. The summed E-state index contributed by atoms with van der Waals surface area (Å²) in [5, 5.41) is 16.6. The van der Waals surface area contributed by atoms with E-state index in [4.69, 9.17) is 4.74 Å². The topological polar surface area (TPSA) is 41.5 Å². The molecule has 2 aromatic rings. The number of fused-ring (bicyclic) bond motifs is 1. The Morgan fingerprint density at radius 2 is 2.15 bits per heavy atom. The number of anilines is 1. The van der Waals surface area contributed by atoms with Gasteiger partial charge < -0.3 is 15.2 Å². The van der Waals surface area contributed by atoms with Crippen LogP contribution in [-0.4, -0.2) is 30.5 Å². The van der Waals surface area contributed by atoms with Crippen LogP contribution in [0, 0.1) is 0 Å². The summed E-state index contributed by atoms with van der Waals surface area (Å²) < 4.78 is 7.01. The van der Waals surface area contributed by atoms with Gasteiger partial charge in [0.25, 0.3) is 0 Å². The Bertz CT molecular complexity index is 548. The zero-order valence-corrected chi connectivity index (χ0v) is 12.4. The number of thiophene rings is 1. The van der Waals surface area contributed by atoms with Crippen LogP contribution in [0.15, 0.2) is 29.6 Å². The Labute approximate surface area is 123 Å². The van der Waals surface area contributed by atoms with Gasteiger partial charge in [-0.1, -0.05) is 12.8 Å². The molecule has 1 aromatic carbocycles. The van der Waals surface area contributed by atoms with Crippen molar-refractivity contribution in [2.75, 3.05) is 18.5 Å². The fourth-order valence-corrected chi connectivity index (χ4v) is 3.44. The number of hydrogen-bond acceptors (Lipinski definition) is 4. The second-order valence-electron chi connectivity index (χ2n) is 5.45. The van der Waals surface area contributed by atoms with E-state index >= 15 is 0 Å². The first kappa shape index (κ1) is 13.9. The quantitative estimate of drug-likeness (QED) is 0.854. The molecule has 1 fully saturated rings. The lowest BCUT2D eigenvalue weighted by Gasteiger charge is -2.16. The molecule has 108 valence electrons. The number of rotatable bonds is 6. The molecule has 0 bridgehead atoms. The third kappa shape index (κ3) is 3.51. The summed E-state index contributed by atoms with van der Waals surface area (Å²) in [6.45, 7) is 0.959. The molecule has 1 saturated carbocycles. The van der Waals surface area contributed by atoms with Crippen molar-refractivity contribution in [2.45, 2.75) is 37.9 Å². The van der Waals surface area contributed by atoms with Crippen molar-refractivity contribution in [3.8, 4) is 0 Å². The maximum absolute atomic E-state index is 9.96. The van der Waals surface area contributed by atoms with Gasteiger partial charge in [-0.05, 0) is 47.9 Å². The van der Waals surface area contributed by atoms with Gasteiger partial charge in [-0.2, -0.15) is 0 Å². The van der Waals surface area contributed by atoms with Crippen molar-refractivity contribution in [3.05, 3.63) is 29.6 Å². The first-order chi connectivity index (χ1) is 9.81. The van der Waals surface area contributed by atoms with Crippen LogP contribution in [0.4, 0.5) is 5.69 Å². The summed E-state index contributed by atoms with van der Waals surface area (Å²) in [5.74, 6) is 0. The minimum absolute atomic E-state index is 0.367. The van der Waals surface area contributed by atoms with Crippen molar-refractivity contribution in [2.24, 2.45) is 0 Å². The molecule has 1 atom stereocenters. The second-order valence-corrected chi connectivity index (χ2v) is 6.40. The normalized spacial score (nSPS) is 17.6. The average molecular weight is 291 g/mol. The summed E-state index contributed by atoms with van der Waals surface area (Å²) in [6, 6.07) is 8.41. The molecule has 0 aliphatic heterocycles. The fourth-order valence-electron chi connectivity index (χ4n) is 2.67. The molecule has 1 aromatic heterocycles. The molecule has 0 saturated heterocycles. The maximum atomic E-state index is 9.96. The minimum Gasteiger partial charge on any atom is -0.389 e. The summed E-state index contributed by atoms with van der Waals surface area (Å²) in [5.41, 5.74) is 1.05. The summed E-state index contributed by atoms with van der Waals surface area (Å²) in [6.07, 6.45) is 4.74. The first-order valence-corrected chi connectivity index (χ1v) is 8.20. The van der Waals surface area contributed by atoms with Gasteiger partial charge in [0.2, 0.25) is 0 Å². The van der Waals surface area contributed by atoms with Gasteiger partial charge in [0.05, 0.1) is 18.8 Å². The molecule has 1 unspecified atom stereocenters. The highest BCUT2D eigenvalue weighted by Gasteiger charge is 2.16. The monoisotopic (exact) mass is 291 g/mol. The number of aliphatic hydroxyl groups is 1. The molecular formula is C16H21NO2S. The molecule has 1 aliphatic rings. The standard InChI is InChI=1S/C16H21NO2S/c18-14(11-19-15-3-1-2-4-15)10-17-13-5-6-16-12(9-13)7-8-20-16/h5-9,14-15,17-18H,1-4,10-11H2. The van der Waals surface area contributed by atoms with Gasteiger partial charge in [-0.25, -0.2) is 0 Å². The molecule has 2 N–H and O–H groups in total. The third-order valence-electron chi connectivity index (χ3n) is 3.82. The van der Waals surface area contributed by atoms with Crippen LogP contribution in [0.5, 0.6) is 0 Å². The van der Waals surface area contributed by atoms with E-state index in [1.54, 1.807) is 11.3 Å². The zero-order chi connectivity index (χ0) is 13.8. The molecule has 1 heterocycles. The number of benzene rings is 1. The first-order valence-electron chi connectivity index (χ1n) is 7.32. The molecule has 0 spiro atoms. The van der Waals surface area contributed by atoms with Gasteiger partial charge in [0, 0.05) is 16.9 Å². The Hall–Kier alpha value is -1.10. The van der Waals surface area contributed by atoms with Crippen LogP contribution in [0.3, 0.4) is 0 Å². The van der Waals surface area contributed by atoms with Crippen molar-refractivity contribution in [3.63, 3.8) is 0 Å². The van der Waals surface area contributed by atoms with E-state index in [0.717, 1.165) is 18.5 Å². The van der Waals surface area contributed by atoms with E-state index in [0.29, 0.717) is 19.3 Å². The van der Waals surface area contributed by atoms with Gasteiger partial charge in [0.15, 0.2) is 0 Å². The fraction of sp³-hybridized carbons (Fsp3) is 0.500. The Morgan fingerprint density at radius 3 is 3.00 bits per heavy atom. The predicted octanol–water partition coefficient (Wildman–Crippen LogP) is 3.63. The Morgan fingerprint density at radius 1 is 1.30 bits per heavy atom. The summed E-state index contributed by atoms with van der Waals surface area (Å²) in [4.78, 5) is 0. The smallest absolute Gasteiger partial charge is 0.0945 e. The lowest BCUT2D eigenvalue weighted by Crippen LogP contribution is -2.27. The lowest BCUT2D eigenvalue weighted by molar-refractivity contribution is -0.00117. The van der Waals surface area contributed by atoms with Crippen LogP contribution >= 0.6 is 11.3 Å². The van der Waals surface area contributed by atoms with E-state index < -0.39 is 6.10 Å². The van der Waals surface area contributed by atoms with Gasteiger partial charge >= 0.3 is 0 Å². The van der Waals surface area contributed by atoms with Crippen molar-refractivity contribution in [1.82, 2.24) is 0 Å². The molecule has 3 rings (SSSR count). The highest BCUT2D eigenvalue weighted by atomic mass is 32.1. The van der Waals surface area contributed by atoms with Crippen LogP contribution < -0.4 is 5.32 Å². The van der Waals surface area contributed by atoms with E-state index in [2.05, 4.69) is 35.0 Å². The second kappa shape index (κ2) is 6.57. The van der Waals surface area contributed by atoms with Crippen molar-refractivity contribution in [1.29, 1.82) is 0 Å². The minimum atomic E-state index is -0.450. The zero-order valence-electron chi connectivity index (χ0n) is 11.5. The summed E-state index contributed by atoms with van der Waals surface area (Å²) >= 11 is 1.75. The number of hydrogen-bond donors (Lipinski definition) is 2. The van der Waals surface area contributed by atoms with Crippen molar-refractivity contribution >= 4 is 27.1 Å². The third-order valence-corrected chi connectivity index (χ3v) is 4.72. The molecule has 0 amide bonds. The molecule has 20 heavy (non-hydrogen) atoms. The van der Waals surface area contributed by atoms with Crippen LogP contribution in [-0.2, 0) is 4.74 Å². The number of nitrogens with one attached hydrogen (secondary N) is 1. The molecule has 1 aliphatic carbocycles. The lowest BCUT2D eigenvalue weighted by atomic mass is 10.2. The van der Waals surface area contributed by atoms with Crippen LogP contribution in [0.25, 0.3) is 10.1 Å². The summed E-state index contributed by atoms with van der Waals surface area (Å²) in [7, 11) is 0. The van der Waals surface area contributed by atoms with E-state index in [9.17, 15) is 5.11 Å². The SMILES string of the molecule is OC(CNc1ccc2sccc2c1)COC1CCCC1. The molecular weight excluding hydrogens is 270 g/mol. The molecule has 4 heteroatoms.